The second kappa shape index (κ2) is 6.23. The van der Waals surface area contributed by atoms with Gasteiger partial charge in [-0.1, -0.05) is 31.8 Å². The first kappa shape index (κ1) is 15.8. The van der Waals surface area contributed by atoms with Crippen LogP contribution in [-0.2, 0) is 4.79 Å². The molecule has 0 bridgehead atoms. The Bertz CT molecular complexity index is 349. The van der Waals surface area contributed by atoms with E-state index in [4.69, 9.17) is 10.9 Å². The lowest BCUT2D eigenvalue weighted by Gasteiger charge is -2.31. The molecular formula is C13H25N3O3. The quantitative estimate of drug-likeness (QED) is 0.297. The predicted octanol–water partition coefficient (Wildman–Crippen LogP) is 0.768. The molecule has 6 nitrogen and oxygen atoms in total. The molecule has 6 heteroatoms. The second-order valence-corrected chi connectivity index (χ2v) is 5.87. The van der Waals surface area contributed by atoms with Gasteiger partial charge in [0.15, 0.2) is 5.84 Å². The Balaban J connectivity index is 2.74. The third kappa shape index (κ3) is 3.83. The van der Waals surface area contributed by atoms with E-state index in [0.717, 1.165) is 25.7 Å². The number of amides is 1. The number of likely N-dealkylation sites (N-methyl/N-ethyl adjacent to an activating group) is 1. The van der Waals surface area contributed by atoms with E-state index in [1.54, 1.807) is 7.05 Å². The Morgan fingerprint density at radius 1 is 1.42 bits per heavy atom. The van der Waals surface area contributed by atoms with Gasteiger partial charge >= 0.3 is 0 Å². The Hall–Kier alpha value is -1.30. The van der Waals surface area contributed by atoms with Gasteiger partial charge in [0, 0.05) is 13.6 Å². The number of nitrogens with zero attached hydrogens (tertiary/aromatic N) is 2. The summed E-state index contributed by atoms with van der Waals surface area (Å²) in [6.07, 6.45) is 3.43. The van der Waals surface area contributed by atoms with Crippen molar-refractivity contribution in [2.24, 2.45) is 22.7 Å². The third-order valence-corrected chi connectivity index (χ3v) is 3.81. The Morgan fingerprint density at radius 3 is 2.37 bits per heavy atom. The van der Waals surface area contributed by atoms with Crippen molar-refractivity contribution in [2.45, 2.75) is 45.1 Å². The molecule has 0 heterocycles. The maximum Gasteiger partial charge on any atom is 0.233 e. The molecule has 1 atom stereocenters. The van der Waals surface area contributed by atoms with Crippen molar-refractivity contribution in [3.63, 3.8) is 0 Å². The molecule has 1 amide bonds. The van der Waals surface area contributed by atoms with Gasteiger partial charge in [-0.05, 0) is 18.8 Å². The normalized spacial score (nSPS) is 20.6. The monoisotopic (exact) mass is 271 g/mol. The molecule has 1 aliphatic rings. The summed E-state index contributed by atoms with van der Waals surface area (Å²) in [4.78, 5) is 13.9. The standard InChI is InChI=1S/C13H25N3O3/c1-9(2)10(11(14)15-19)12(17)16(3)8-13(18)6-4-5-7-13/h9-10,18-19H,4-8H2,1-3H3,(H2,14,15). The second-order valence-electron chi connectivity index (χ2n) is 5.87. The van der Waals surface area contributed by atoms with E-state index in [9.17, 15) is 9.90 Å². The molecule has 0 spiro atoms. The molecule has 0 aromatic rings. The van der Waals surface area contributed by atoms with Crippen LogP contribution < -0.4 is 5.73 Å². The average molecular weight is 271 g/mol. The smallest absolute Gasteiger partial charge is 0.233 e. The summed E-state index contributed by atoms with van der Waals surface area (Å²) in [5, 5.41) is 22.0. The van der Waals surface area contributed by atoms with Crippen molar-refractivity contribution in [3.05, 3.63) is 0 Å². The van der Waals surface area contributed by atoms with Gasteiger partial charge in [-0.3, -0.25) is 4.79 Å². The fourth-order valence-corrected chi connectivity index (χ4v) is 2.76. The van der Waals surface area contributed by atoms with Crippen LogP contribution in [0.3, 0.4) is 0 Å². The van der Waals surface area contributed by atoms with Gasteiger partial charge in [0.05, 0.1) is 5.60 Å². The summed E-state index contributed by atoms with van der Waals surface area (Å²) in [5.41, 5.74) is 4.81. The highest BCUT2D eigenvalue weighted by Crippen LogP contribution is 2.30. The largest absolute Gasteiger partial charge is 0.409 e. The molecule has 0 aromatic carbocycles. The van der Waals surface area contributed by atoms with E-state index in [2.05, 4.69) is 5.16 Å². The number of amidine groups is 1. The lowest BCUT2D eigenvalue weighted by atomic mass is 9.92. The molecule has 0 saturated heterocycles. The van der Waals surface area contributed by atoms with Crippen LogP contribution in [0.4, 0.5) is 0 Å². The number of hydrogen-bond donors (Lipinski definition) is 3. The van der Waals surface area contributed by atoms with E-state index in [0.29, 0.717) is 6.54 Å². The summed E-state index contributed by atoms with van der Waals surface area (Å²) in [7, 11) is 1.65. The summed E-state index contributed by atoms with van der Waals surface area (Å²) in [6, 6.07) is 0. The molecule has 0 aliphatic heterocycles. The highest BCUT2D eigenvalue weighted by molar-refractivity contribution is 6.02. The maximum atomic E-state index is 12.4. The SMILES string of the molecule is CC(C)C(C(=O)N(C)CC1(O)CCCC1)C(N)=NO. The zero-order valence-electron chi connectivity index (χ0n) is 12.0. The van der Waals surface area contributed by atoms with Crippen LogP contribution >= 0.6 is 0 Å². The van der Waals surface area contributed by atoms with Crippen molar-refractivity contribution >= 4 is 11.7 Å². The molecule has 1 fully saturated rings. The minimum Gasteiger partial charge on any atom is -0.409 e. The molecule has 1 saturated carbocycles. The Labute approximate surface area is 114 Å². The Kier molecular flexibility index (Phi) is 5.17. The van der Waals surface area contributed by atoms with Gasteiger partial charge < -0.3 is 20.9 Å². The fraction of sp³-hybridized carbons (Fsp3) is 0.846. The third-order valence-electron chi connectivity index (χ3n) is 3.81. The van der Waals surface area contributed by atoms with Crippen LogP contribution in [0.5, 0.6) is 0 Å². The molecule has 110 valence electrons. The highest BCUT2D eigenvalue weighted by Gasteiger charge is 2.36. The van der Waals surface area contributed by atoms with Crippen LogP contribution in [0.2, 0.25) is 0 Å². The van der Waals surface area contributed by atoms with Gasteiger partial charge in [0.2, 0.25) is 5.91 Å². The van der Waals surface area contributed by atoms with E-state index >= 15 is 0 Å². The number of carbonyl (C=O) groups is 1. The fourth-order valence-electron chi connectivity index (χ4n) is 2.76. The number of aliphatic hydroxyl groups is 1. The minimum absolute atomic E-state index is 0.0657. The van der Waals surface area contributed by atoms with Crippen LogP contribution in [0.1, 0.15) is 39.5 Å². The van der Waals surface area contributed by atoms with Gasteiger partial charge in [-0.25, -0.2) is 0 Å². The first-order valence-electron chi connectivity index (χ1n) is 6.75. The van der Waals surface area contributed by atoms with E-state index in [1.165, 1.54) is 4.90 Å². The summed E-state index contributed by atoms with van der Waals surface area (Å²) < 4.78 is 0. The number of nitrogens with two attached hydrogens (primary N) is 1. The number of carbonyl (C=O) groups excluding carboxylic acids is 1. The summed E-state index contributed by atoms with van der Waals surface area (Å²) in [6.45, 7) is 3.99. The zero-order valence-corrected chi connectivity index (χ0v) is 12.0. The van der Waals surface area contributed by atoms with Crippen molar-refractivity contribution in [2.75, 3.05) is 13.6 Å². The molecule has 1 aliphatic carbocycles. The van der Waals surface area contributed by atoms with Gasteiger partial charge in [-0.2, -0.15) is 0 Å². The molecule has 1 rings (SSSR count). The first-order valence-corrected chi connectivity index (χ1v) is 6.75. The molecule has 0 radical (unpaired) electrons. The number of rotatable bonds is 5. The molecule has 4 N–H and O–H groups in total. The van der Waals surface area contributed by atoms with Crippen molar-refractivity contribution < 1.29 is 15.1 Å². The zero-order chi connectivity index (χ0) is 14.6. The van der Waals surface area contributed by atoms with Crippen LogP contribution in [-0.4, -0.2) is 46.1 Å². The van der Waals surface area contributed by atoms with Gasteiger partial charge in [0.1, 0.15) is 5.92 Å². The number of hydrogen-bond acceptors (Lipinski definition) is 4. The summed E-state index contributed by atoms with van der Waals surface area (Å²) >= 11 is 0. The predicted molar refractivity (Wildman–Crippen MR) is 72.8 cm³/mol. The first-order chi connectivity index (χ1) is 8.80. The van der Waals surface area contributed by atoms with Gasteiger partial charge in [-0.15, -0.1) is 0 Å². The lowest BCUT2D eigenvalue weighted by Crippen LogP contribution is -2.48. The summed E-state index contributed by atoms with van der Waals surface area (Å²) in [5.74, 6) is -1.01. The van der Waals surface area contributed by atoms with E-state index in [1.807, 2.05) is 13.8 Å². The average Bonchev–Trinajstić information content (AvgIpc) is 2.74. The molecule has 1 unspecified atom stereocenters. The van der Waals surface area contributed by atoms with Crippen molar-refractivity contribution in [1.29, 1.82) is 0 Å². The highest BCUT2D eigenvalue weighted by atomic mass is 16.4. The van der Waals surface area contributed by atoms with Crippen LogP contribution in [0, 0.1) is 11.8 Å². The topological polar surface area (TPSA) is 99.2 Å². The van der Waals surface area contributed by atoms with Crippen LogP contribution in [0.25, 0.3) is 0 Å². The van der Waals surface area contributed by atoms with Crippen molar-refractivity contribution in [3.8, 4) is 0 Å². The molecule has 19 heavy (non-hydrogen) atoms. The van der Waals surface area contributed by atoms with E-state index < -0.39 is 11.5 Å². The molecular weight excluding hydrogens is 246 g/mol. The van der Waals surface area contributed by atoms with Crippen LogP contribution in [0.15, 0.2) is 5.16 Å². The van der Waals surface area contributed by atoms with Crippen molar-refractivity contribution in [1.82, 2.24) is 4.90 Å². The Morgan fingerprint density at radius 2 is 1.95 bits per heavy atom. The molecule has 0 aromatic heterocycles. The lowest BCUT2D eigenvalue weighted by molar-refractivity contribution is -0.136. The number of oxime groups is 1. The van der Waals surface area contributed by atoms with E-state index in [-0.39, 0.29) is 17.7 Å². The maximum absolute atomic E-state index is 12.4. The minimum atomic E-state index is -0.781. The van der Waals surface area contributed by atoms with Gasteiger partial charge in [0.25, 0.3) is 0 Å².